The number of allylic oxidation sites excluding steroid dienone is 1. The lowest BCUT2D eigenvalue weighted by atomic mass is 10.1. The molecule has 0 aromatic carbocycles. The number of methoxy groups -OCH3 is 2. The number of carbonyl (C=O) groups is 2. The molecular formula is C9H12O4. The van der Waals surface area contributed by atoms with Crippen LogP contribution in [-0.4, -0.2) is 26.2 Å². The second-order valence-electron chi connectivity index (χ2n) is 2.24. The molecule has 0 amide bonds. The molecule has 0 radical (unpaired) electrons. The first-order chi connectivity index (χ1) is 6.17. The maximum absolute atomic E-state index is 11.0. The van der Waals surface area contributed by atoms with Crippen molar-refractivity contribution >= 4 is 11.9 Å². The van der Waals surface area contributed by atoms with Crippen molar-refractivity contribution in [1.82, 2.24) is 0 Å². The molecule has 0 aromatic heterocycles. The molecule has 0 saturated carbocycles. The zero-order valence-corrected chi connectivity index (χ0v) is 7.70. The lowest BCUT2D eigenvalue weighted by Crippen LogP contribution is -2.25. The summed E-state index contributed by atoms with van der Waals surface area (Å²) in [6.45, 7) is 3.32. The van der Waals surface area contributed by atoms with E-state index in [0.717, 1.165) is 0 Å². The molecule has 0 rings (SSSR count). The van der Waals surface area contributed by atoms with Gasteiger partial charge in [0.25, 0.3) is 0 Å². The molecule has 0 atom stereocenters. The number of esters is 2. The van der Waals surface area contributed by atoms with Crippen LogP contribution in [0.15, 0.2) is 18.4 Å². The number of rotatable bonds is 4. The van der Waals surface area contributed by atoms with Crippen LogP contribution in [0.25, 0.3) is 0 Å². The maximum atomic E-state index is 11.0. The molecule has 0 unspecified atom stereocenters. The molecule has 0 aromatic rings. The topological polar surface area (TPSA) is 52.6 Å². The maximum Gasteiger partial charge on any atom is 0.320 e. The largest absolute Gasteiger partial charge is 0.468 e. The molecule has 0 bridgehead atoms. The predicted octanol–water partition coefficient (Wildman–Crippen LogP) is 0.680. The van der Waals surface area contributed by atoms with Crippen LogP contribution >= 0.6 is 0 Å². The van der Waals surface area contributed by atoms with Crippen molar-refractivity contribution in [2.24, 2.45) is 5.92 Å². The van der Waals surface area contributed by atoms with Crippen molar-refractivity contribution in [2.45, 2.75) is 6.42 Å². The molecule has 0 spiro atoms. The highest BCUT2D eigenvalue weighted by Crippen LogP contribution is 2.08. The van der Waals surface area contributed by atoms with E-state index in [2.05, 4.69) is 21.8 Å². The second-order valence-corrected chi connectivity index (χ2v) is 2.24. The zero-order chi connectivity index (χ0) is 10.3. The van der Waals surface area contributed by atoms with E-state index in [1.165, 1.54) is 20.3 Å². The van der Waals surface area contributed by atoms with E-state index < -0.39 is 17.9 Å². The van der Waals surface area contributed by atoms with Gasteiger partial charge in [0, 0.05) is 0 Å². The Labute approximate surface area is 76.8 Å². The molecule has 13 heavy (non-hydrogen) atoms. The molecule has 0 aliphatic rings. The summed E-state index contributed by atoms with van der Waals surface area (Å²) < 4.78 is 8.85. The Morgan fingerprint density at radius 2 is 1.85 bits per heavy atom. The fourth-order valence-corrected chi connectivity index (χ4v) is 0.774. The van der Waals surface area contributed by atoms with Crippen LogP contribution in [0.3, 0.4) is 0 Å². The molecule has 0 aliphatic heterocycles. The van der Waals surface area contributed by atoms with Gasteiger partial charge in [0.05, 0.1) is 14.2 Å². The monoisotopic (exact) mass is 184 g/mol. The third-order valence-corrected chi connectivity index (χ3v) is 1.47. The van der Waals surface area contributed by atoms with Gasteiger partial charge in [-0.1, -0.05) is 6.58 Å². The van der Waals surface area contributed by atoms with Gasteiger partial charge in [-0.2, -0.15) is 0 Å². The van der Waals surface area contributed by atoms with E-state index in [1.54, 1.807) is 0 Å². The highest BCUT2D eigenvalue weighted by Gasteiger charge is 2.26. The first kappa shape index (κ1) is 11.5. The van der Waals surface area contributed by atoms with E-state index in [1.807, 2.05) is 0 Å². The summed E-state index contributed by atoms with van der Waals surface area (Å²) >= 11 is 0. The lowest BCUT2D eigenvalue weighted by molar-refractivity contribution is -0.158. The van der Waals surface area contributed by atoms with E-state index in [4.69, 9.17) is 0 Å². The third kappa shape index (κ3) is 3.58. The van der Waals surface area contributed by atoms with Gasteiger partial charge in [-0.3, -0.25) is 9.59 Å². The summed E-state index contributed by atoms with van der Waals surface area (Å²) in [5, 5.41) is 0. The Morgan fingerprint density at radius 3 is 2.15 bits per heavy atom. The van der Waals surface area contributed by atoms with Crippen molar-refractivity contribution in [2.75, 3.05) is 14.2 Å². The van der Waals surface area contributed by atoms with Gasteiger partial charge in [-0.15, -0.1) is 5.73 Å². The number of hydrogen-bond donors (Lipinski definition) is 0. The molecule has 0 aliphatic carbocycles. The van der Waals surface area contributed by atoms with Crippen molar-refractivity contribution < 1.29 is 19.1 Å². The molecule has 0 saturated heterocycles. The minimum absolute atomic E-state index is 0.197. The van der Waals surface area contributed by atoms with Crippen LogP contribution in [0.5, 0.6) is 0 Å². The summed E-state index contributed by atoms with van der Waals surface area (Å²) in [6, 6.07) is 0. The molecule has 0 N–H and O–H groups in total. The number of ether oxygens (including phenoxy) is 2. The van der Waals surface area contributed by atoms with Gasteiger partial charge >= 0.3 is 11.9 Å². The van der Waals surface area contributed by atoms with Crippen LogP contribution in [-0.2, 0) is 19.1 Å². The van der Waals surface area contributed by atoms with Gasteiger partial charge < -0.3 is 9.47 Å². The SMILES string of the molecule is C=C=CCC(C(=O)OC)C(=O)OC. The molecular weight excluding hydrogens is 172 g/mol. The van der Waals surface area contributed by atoms with Crippen molar-refractivity contribution in [1.29, 1.82) is 0 Å². The Kier molecular flexibility index (Phi) is 5.32. The summed E-state index contributed by atoms with van der Waals surface area (Å²) in [7, 11) is 2.44. The summed E-state index contributed by atoms with van der Waals surface area (Å²) in [5.41, 5.74) is 2.47. The van der Waals surface area contributed by atoms with E-state index in [9.17, 15) is 9.59 Å². The van der Waals surface area contributed by atoms with E-state index in [0.29, 0.717) is 0 Å². The quantitative estimate of drug-likeness (QED) is 0.366. The molecule has 4 heteroatoms. The number of hydrogen-bond acceptors (Lipinski definition) is 4. The van der Waals surface area contributed by atoms with Gasteiger partial charge in [-0.05, 0) is 12.5 Å². The van der Waals surface area contributed by atoms with Crippen molar-refractivity contribution in [3.63, 3.8) is 0 Å². The minimum atomic E-state index is -0.913. The Bertz CT molecular complexity index is 222. The van der Waals surface area contributed by atoms with Crippen LogP contribution in [0.4, 0.5) is 0 Å². The average molecular weight is 184 g/mol. The average Bonchev–Trinajstić information content (AvgIpc) is 2.17. The van der Waals surface area contributed by atoms with E-state index >= 15 is 0 Å². The fraction of sp³-hybridized carbons (Fsp3) is 0.444. The van der Waals surface area contributed by atoms with Crippen molar-refractivity contribution in [3.05, 3.63) is 18.4 Å². The first-order valence-electron chi connectivity index (χ1n) is 3.67. The van der Waals surface area contributed by atoms with Crippen LogP contribution < -0.4 is 0 Å². The smallest absolute Gasteiger partial charge is 0.320 e. The first-order valence-corrected chi connectivity index (χ1v) is 3.67. The Morgan fingerprint density at radius 1 is 1.38 bits per heavy atom. The minimum Gasteiger partial charge on any atom is -0.468 e. The van der Waals surface area contributed by atoms with Gasteiger partial charge in [0.1, 0.15) is 0 Å². The molecule has 72 valence electrons. The Hall–Kier alpha value is -1.54. The lowest BCUT2D eigenvalue weighted by Gasteiger charge is -2.08. The molecule has 0 fully saturated rings. The van der Waals surface area contributed by atoms with Crippen LogP contribution in [0.1, 0.15) is 6.42 Å². The summed E-state index contributed by atoms with van der Waals surface area (Å²) in [5.74, 6) is -2.14. The highest BCUT2D eigenvalue weighted by molar-refractivity contribution is 5.94. The van der Waals surface area contributed by atoms with Gasteiger partial charge in [-0.25, -0.2) is 0 Å². The van der Waals surface area contributed by atoms with Gasteiger partial charge in [0.15, 0.2) is 5.92 Å². The van der Waals surface area contributed by atoms with Crippen molar-refractivity contribution in [3.8, 4) is 0 Å². The zero-order valence-electron chi connectivity index (χ0n) is 7.70. The fourth-order valence-electron chi connectivity index (χ4n) is 0.774. The standard InChI is InChI=1S/C9H12O4/c1-4-5-6-7(8(10)12-2)9(11)13-3/h5,7H,1,6H2,2-3H3. The summed E-state index contributed by atoms with van der Waals surface area (Å²) in [6.07, 6.45) is 1.68. The normalized spacial score (nSPS) is 8.85. The van der Waals surface area contributed by atoms with Crippen LogP contribution in [0, 0.1) is 5.92 Å². The van der Waals surface area contributed by atoms with Crippen LogP contribution in [0.2, 0.25) is 0 Å². The molecule has 4 nitrogen and oxygen atoms in total. The third-order valence-electron chi connectivity index (χ3n) is 1.47. The number of carbonyl (C=O) groups excluding carboxylic acids is 2. The molecule has 0 heterocycles. The second kappa shape index (κ2) is 6.03. The summed E-state index contributed by atoms with van der Waals surface area (Å²) in [4.78, 5) is 22.1. The van der Waals surface area contributed by atoms with Gasteiger partial charge in [0.2, 0.25) is 0 Å². The predicted molar refractivity (Wildman–Crippen MR) is 45.8 cm³/mol. The highest BCUT2D eigenvalue weighted by atomic mass is 16.5. The Balaban J connectivity index is 4.44. The van der Waals surface area contributed by atoms with E-state index in [-0.39, 0.29) is 6.42 Å².